The largest absolute Gasteiger partial charge is 0.368 e. The number of nitrogens with two attached hydrogens (primary N) is 1. The molecule has 1 heterocycles. The van der Waals surface area contributed by atoms with Crippen molar-refractivity contribution in [3.05, 3.63) is 59.2 Å². The third-order valence-corrected chi connectivity index (χ3v) is 5.50. The lowest BCUT2D eigenvalue weighted by atomic mass is 10.0. The predicted molar refractivity (Wildman–Crippen MR) is 118 cm³/mol. The first kappa shape index (κ1) is 21.4. The summed E-state index contributed by atoms with van der Waals surface area (Å²) >= 11 is 0. The van der Waals surface area contributed by atoms with E-state index in [9.17, 15) is 14.4 Å². The maximum absolute atomic E-state index is 12.6. The summed E-state index contributed by atoms with van der Waals surface area (Å²) in [5.74, 6) is -1.59. The van der Waals surface area contributed by atoms with E-state index < -0.39 is 17.7 Å². The van der Waals surface area contributed by atoms with Gasteiger partial charge in [0.1, 0.15) is 0 Å². The second-order valence-corrected chi connectivity index (χ2v) is 7.34. The monoisotopic (exact) mass is 408 g/mol. The summed E-state index contributed by atoms with van der Waals surface area (Å²) in [6.07, 6.45) is 1.81. The van der Waals surface area contributed by atoms with Crippen LogP contribution in [0.2, 0.25) is 0 Å². The molecule has 1 aliphatic rings. The summed E-state index contributed by atoms with van der Waals surface area (Å²) in [5, 5.41) is 2.74. The maximum atomic E-state index is 12.6. The highest BCUT2D eigenvalue weighted by Crippen LogP contribution is 2.19. The number of aryl methyl sites for hydroxylation is 2. The van der Waals surface area contributed by atoms with Gasteiger partial charge in [0.05, 0.1) is 0 Å². The molecule has 158 valence electrons. The van der Waals surface area contributed by atoms with Crippen molar-refractivity contribution in [1.29, 1.82) is 0 Å². The van der Waals surface area contributed by atoms with E-state index in [1.165, 1.54) is 11.1 Å². The number of carbonyl (C=O) groups is 3. The van der Waals surface area contributed by atoms with E-state index in [0.717, 1.165) is 18.5 Å². The summed E-state index contributed by atoms with van der Waals surface area (Å²) in [6.45, 7) is 6.31. The number of hydrogen-bond acceptors (Lipinski definition) is 4. The molecule has 7 heteroatoms. The van der Waals surface area contributed by atoms with Gasteiger partial charge < -0.3 is 20.9 Å². The van der Waals surface area contributed by atoms with E-state index in [-0.39, 0.29) is 0 Å². The first-order valence-corrected chi connectivity index (χ1v) is 10.3. The van der Waals surface area contributed by atoms with Crippen LogP contribution in [0.15, 0.2) is 42.5 Å². The van der Waals surface area contributed by atoms with Crippen LogP contribution in [0.25, 0.3) is 0 Å². The summed E-state index contributed by atoms with van der Waals surface area (Å²) in [4.78, 5) is 39.9. The van der Waals surface area contributed by atoms with Crippen molar-refractivity contribution in [2.24, 2.45) is 5.73 Å². The van der Waals surface area contributed by atoms with E-state index in [0.29, 0.717) is 37.4 Å². The molecule has 0 unspecified atom stereocenters. The van der Waals surface area contributed by atoms with Crippen molar-refractivity contribution in [2.75, 3.05) is 36.4 Å². The van der Waals surface area contributed by atoms with Crippen molar-refractivity contribution in [3.8, 4) is 0 Å². The molecule has 3 N–H and O–H groups in total. The Morgan fingerprint density at radius 2 is 1.53 bits per heavy atom. The zero-order valence-electron chi connectivity index (χ0n) is 17.5. The molecule has 1 saturated heterocycles. The number of anilines is 2. The minimum Gasteiger partial charge on any atom is -0.368 e. The average Bonchev–Trinajstić information content (AvgIpc) is 2.78. The number of amides is 3. The van der Waals surface area contributed by atoms with Crippen LogP contribution in [-0.2, 0) is 22.4 Å². The minimum absolute atomic E-state index is 0.457. The van der Waals surface area contributed by atoms with Crippen LogP contribution < -0.4 is 16.0 Å². The van der Waals surface area contributed by atoms with Gasteiger partial charge in [-0.3, -0.25) is 14.4 Å². The number of benzene rings is 2. The van der Waals surface area contributed by atoms with E-state index in [2.05, 4.69) is 24.1 Å². The van der Waals surface area contributed by atoms with Gasteiger partial charge in [0.25, 0.3) is 0 Å². The number of rotatable bonds is 5. The van der Waals surface area contributed by atoms with Crippen LogP contribution >= 0.6 is 0 Å². The van der Waals surface area contributed by atoms with E-state index in [1.807, 2.05) is 30.3 Å². The lowest BCUT2D eigenvalue weighted by Gasteiger charge is -2.35. The van der Waals surface area contributed by atoms with Gasteiger partial charge in [-0.1, -0.05) is 19.9 Å². The van der Waals surface area contributed by atoms with Gasteiger partial charge >= 0.3 is 11.8 Å². The Balaban J connectivity index is 1.57. The molecular formula is C23H28N4O3. The van der Waals surface area contributed by atoms with Gasteiger partial charge in [0.2, 0.25) is 5.91 Å². The molecule has 0 bridgehead atoms. The summed E-state index contributed by atoms with van der Waals surface area (Å²) in [6, 6.07) is 12.9. The first-order chi connectivity index (χ1) is 14.4. The molecule has 1 aliphatic heterocycles. The molecule has 0 aromatic heterocycles. The lowest BCUT2D eigenvalue weighted by molar-refractivity contribution is -0.143. The van der Waals surface area contributed by atoms with Crippen molar-refractivity contribution in [1.82, 2.24) is 4.90 Å². The fourth-order valence-corrected chi connectivity index (χ4v) is 3.71. The summed E-state index contributed by atoms with van der Waals surface area (Å²) in [5.41, 5.74) is 9.77. The Labute approximate surface area is 176 Å². The summed E-state index contributed by atoms with van der Waals surface area (Å²) in [7, 11) is 0. The standard InChI is InChI=1S/C23H28N4O3/c1-3-16-5-8-19(15-17(16)4-2)25-22(29)23(30)27-13-11-26(12-14-27)20-9-6-18(7-10-20)21(24)28/h5-10,15H,3-4,11-14H2,1-2H3,(H2,24,28)(H,25,29). The van der Waals surface area contributed by atoms with Crippen LogP contribution in [0, 0.1) is 0 Å². The first-order valence-electron chi connectivity index (χ1n) is 10.3. The Kier molecular flexibility index (Phi) is 6.72. The third-order valence-electron chi connectivity index (χ3n) is 5.50. The van der Waals surface area contributed by atoms with Gasteiger partial charge in [-0.15, -0.1) is 0 Å². The van der Waals surface area contributed by atoms with Gasteiger partial charge in [-0.25, -0.2) is 0 Å². The molecule has 3 amide bonds. The van der Waals surface area contributed by atoms with Crippen molar-refractivity contribution in [2.45, 2.75) is 26.7 Å². The Morgan fingerprint density at radius 1 is 0.900 bits per heavy atom. The highest BCUT2D eigenvalue weighted by Gasteiger charge is 2.26. The zero-order chi connectivity index (χ0) is 21.7. The Morgan fingerprint density at radius 3 is 2.10 bits per heavy atom. The summed E-state index contributed by atoms with van der Waals surface area (Å²) < 4.78 is 0. The topological polar surface area (TPSA) is 95.7 Å². The van der Waals surface area contributed by atoms with Gasteiger partial charge in [0, 0.05) is 43.1 Å². The Hall–Kier alpha value is -3.35. The molecule has 3 rings (SSSR count). The van der Waals surface area contributed by atoms with Crippen LogP contribution in [0.3, 0.4) is 0 Å². The molecule has 30 heavy (non-hydrogen) atoms. The Bertz CT molecular complexity index is 932. The van der Waals surface area contributed by atoms with Gasteiger partial charge in [-0.2, -0.15) is 0 Å². The third kappa shape index (κ3) is 4.79. The van der Waals surface area contributed by atoms with E-state index in [1.54, 1.807) is 17.0 Å². The second kappa shape index (κ2) is 9.43. The fraction of sp³-hybridized carbons (Fsp3) is 0.348. The minimum atomic E-state index is -0.611. The smallest absolute Gasteiger partial charge is 0.313 e. The van der Waals surface area contributed by atoms with Gasteiger partial charge in [-0.05, 0) is 60.4 Å². The van der Waals surface area contributed by atoms with Crippen molar-refractivity contribution >= 4 is 29.1 Å². The number of piperazine rings is 1. The fourth-order valence-electron chi connectivity index (χ4n) is 3.71. The maximum Gasteiger partial charge on any atom is 0.313 e. The van der Waals surface area contributed by atoms with Gasteiger partial charge in [0.15, 0.2) is 0 Å². The van der Waals surface area contributed by atoms with E-state index >= 15 is 0 Å². The molecule has 0 atom stereocenters. The normalized spacial score (nSPS) is 13.8. The quantitative estimate of drug-likeness (QED) is 0.742. The lowest BCUT2D eigenvalue weighted by Crippen LogP contribution is -2.51. The van der Waals surface area contributed by atoms with Crippen molar-refractivity contribution in [3.63, 3.8) is 0 Å². The molecule has 0 radical (unpaired) electrons. The number of nitrogens with one attached hydrogen (secondary N) is 1. The highest BCUT2D eigenvalue weighted by molar-refractivity contribution is 6.39. The van der Waals surface area contributed by atoms with Crippen molar-refractivity contribution < 1.29 is 14.4 Å². The second-order valence-electron chi connectivity index (χ2n) is 7.34. The molecule has 2 aromatic carbocycles. The average molecular weight is 409 g/mol. The van der Waals surface area contributed by atoms with Crippen LogP contribution in [0.4, 0.5) is 11.4 Å². The predicted octanol–water partition coefficient (Wildman–Crippen LogP) is 2.20. The molecule has 0 aliphatic carbocycles. The SMILES string of the molecule is CCc1ccc(NC(=O)C(=O)N2CCN(c3ccc(C(N)=O)cc3)CC2)cc1CC. The number of nitrogens with zero attached hydrogens (tertiary/aromatic N) is 2. The molecule has 0 spiro atoms. The molecule has 7 nitrogen and oxygen atoms in total. The molecule has 2 aromatic rings. The number of primary amides is 1. The zero-order valence-corrected chi connectivity index (χ0v) is 17.5. The van der Waals surface area contributed by atoms with E-state index in [4.69, 9.17) is 5.73 Å². The number of carbonyl (C=O) groups excluding carboxylic acids is 3. The van der Waals surface area contributed by atoms with Crippen LogP contribution in [0.5, 0.6) is 0 Å². The molecular weight excluding hydrogens is 380 g/mol. The number of hydrogen-bond donors (Lipinski definition) is 2. The van der Waals surface area contributed by atoms with Crippen LogP contribution in [0.1, 0.15) is 35.3 Å². The van der Waals surface area contributed by atoms with Crippen LogP contribution in [-0.4, -0.2) is 48.8 Å². The molecule has 0 saturated carbocycles. The molecule has 1 fully saturated rings. The highest BCUT2D eigenvalue weighted by atomic mass is 16.2.